The second-order valence-electron chi connectivity index (χ2n) is 5.30. The van der Waals surface area contributed by atoms with E-state index < -0.39 is 17.6 Å². The molecule has 1 aromatic heterocycles. The van der Waals surface area contributed by atoms with Crippen LogP contribution in [0.15, 0.2) is 60.7 Å². The van der Waals surface area contributed by atoms with E-state index in [0.717, 1.165) is 0 Å². The second-order valence-corrected chi connectivity index (χ2v) is 5.30. The molecule has 6 nitrogen and oxygen atoms in total. The molecule has 0 unspecified atom stereocenters. The minimum atomic E-state index is -0.704. The first-order valence-electron chi connectivity index (χ1n) is 7.53. The third kappa shape index (κ3) is 3.55. The molecule has 0 aliphatic rings. The first-order chi connectivity index (χ1) is 12.1. The molecule has 0 fully saturated rings. The smallest absolute Gasteiger partial charge is 0.272 e. The van der Waals surface area contributed by atoms with E-state index in [0.29, 0.717) is 11.3 Å². The second kappa shape index (κ2) is 6.96. The van der Waals surface area contributed by atoms with Crippen molar-refractivity contribution in [2.45, 2.75) is 6.54 Å². The van der Waals surface area contributed by atoms with Crippen molar-refractivity contribution in [2.75, 3.05) is 0 Å². The molecular formula is C18H15FN4O2. The maximum absolute atomic E-state index is 13.6. The molecule has 2 aromatic carbocycles. The number of nitrogens with zero attached hydrogens (tertiary/aromatic N) is 2. The molecule has 126 valence electrons. The lowest BCUT2D eigenvalue weighted by Gasteiger charge is -2.05. The quantitative estimate of drug-likeness (QED) is 0.746. The summed E-state index contributed by atoms with van der Waals surface area (Å²) >= 11 is 0. The first kappa shape index (κ1) is 16.4. The monoisotopic (exact) mass is 338 g/mol. The van der Waals surface area contributed by atoms with Gasteiger partial charge in [-0.25, -0.2) is 9.07 Å². The minimum Gasteiger partial charge on any atom is -0.364 e. The highest BCUT2D eigenvalue weighted by Gasteiger charge is 2.18. The number of hydrogen-bond donors (Lipinski definition) is 2. The van der Waals surface area contributed by atoms with Gasteiger partial charge in [0.25, 0.3) is 11.8 Å². The van der Waals surface area contributed by atoms with Crippen LogP contribution >= 0.6 is 0 Å². The van der Waals surface area contributed by atoms with Gasteiger partial charge in [-0.2, -0.15) is 5.10 Å². The highest BCUT2D eigenvalue weighted by Crippen LogP contribution is 2.13. The lowest BCUT2D eigenvalue weighted by molar-refractivity contribution is 0.0944. The molecule has 0 radical (unpaired) electrons. The fourth-order valence-corrected chi connectivity index (χ4v) is 2.34. The number of nitrogens with two attached hydrogens (primary N) is 1. The van der Waals surface area contributed by atoms with Crippen LogP contribution in [0, 0.1) is 5.82 Å². The van der Waals surface area contributed by atoms with Crippen LogP contribution in [-0.2, 0) is 6.54 Å². The molecule has 0 aliphatic carbocycles. The Morgan fingerprint density at radius 2 is 1.76 bits per heavy atom. The fourth-order valence-electron chi connectivity index (χ4n) is 2.34. The van der Waals surface area contributed by atoms with E-state index in [9.17, 15) is 14.0 Å². The summed E-state index contributed by atoms with van der Waals surface area (Å²) in [5.74, 6) is -1.64. The van der Waals surface area contributed by atoms with Gasteiger partial charge in [0.1, 0.15) is 11.5 Å². The summed E-state index contributed by atoms with van der Waals surface area (Å²) in [6, 6.07) is 16.3. The predicted molar refractivity (Wildman–Crippen MR) is 89.7 cm³/mol. The summed E-state index contributed by atoms with van der Waals surface area (Å²) in [5, 5.41) is 6.73. The van der Waals surface area contributed by atoms with Crippen LogP contribution in [0.1, 0.15) is 26.5 Å². The van der Waals surface area contributed by atoms with Gasteiger partial charge in [-0.3, -0.25) is 9.59 Å². The Morgan fingerprint density at radius 1 is 1.08 bits per heavy atom. The van der Waals surface area contributed by atoms with Crippen molar-refractivity contribution in [1.82, 2.24) is 15.1 Å². The summed E-state index contributed by atoms with van der Waals surface area (Å²) < 4.78 is 14.9. The summed E-state index contributed by atoms with van der Waals surface area (Å²) in [7, 11) is 0. The van der Waals surface area contributed by atoms with Gasteiger partial charge >= 0.3 is 0 Å². The Hall–Kier alpha value is -3.48. The van der Waals surface area contributed by atoms with Gasteiger partial charge in [0.05, 0.1) is 5.69 Å². The third-order valence-electron chi connectivity index (χ3n) is 3.59. The number of primary amides is 1. The van der Waals surface area contributed by atoms with Gasteiger partial charge in [0.15, 0.2) is 5.69 Å². The molecule has 25 heavy (non-hydrogen) atoms. The van der Waals surface area contributed by atoms with Crippen LogP contribution in [0.5, 0.6) is 0 Å². The van der Waals surface area contributed by atoms with E-state index in [2.05, 4.69) is 10.4 Å². The summed E-state index contributed by atoms with van der Waals surface area (Å²) in [5.41, 5.74) is 6.43. The fraction of sp³-hybridized carbons (Fsp3) is 0.0556. The lowest BCUT2D eigenvalue weighted by Crippen LogP contribution is -2.23. The molecule has 7 heteroatoms. The van der Waals surface area contributed by atoms with Crippen molar-refractivity contribution in [3.05, 3.63) is 83.4 Å². The number of hydrogen-bond acceptors (Lipinski definition) is 3. The van der Waals surface area contributed by atoms with Crippen LogP contribution in [0.2, 0.25) is 0 Å². The summed E-state index contributed by atoms with van der Waals surface area (Å²) in [6.45, 7) is 0.00953. The van der Waals surface area contributed by atoms with Gasteiger partial charge < -0.3 is 11.1 Å². The number of nitrogens with one attached hydrogen (secondary N) is 1. The predicted octanol–water partition coefficient (Wildman–Crippen LogP) is 2.04. The number of carbonyl (C=O) groups excluding carboxylic acids is 2. The Morgan fingerprint density at radius 3 is 2.44 bits per heavy atom. The highest BCUT2D eigenvalue weighted by atomic mass is 19.1. The van der Waals surface area contributed by atoms with Crippen molar-refractivity contribution in [3.63, 3.8) is 0 Å². The minimum absolute atomic E-state index is 0.00953. The zero-order chi connectivity index (χ0) is 17.8. The zero-order valence-electron chi connectivity index (χ0n) is 13.1. The summed E-state index contributed by atoms with van der Waals surface area (Å²) in [6.07, 6.45) is 0. The van der Waals surface area contributed by atoms with Gasteiger partial charge in [-0.05, 0) is 18.2 Å². The van der Waals surface area contributed by atoms with Crippen LogP contribution in [-0.4, -0.2) is 21.6 Å². The van der Waals surface area contributed by atoms with E-state index in [1.807, 2.05) is 6.07 Å². The van der Waals surface area contributed by atoms with Gasteiger partial charge in [-0.15, -0.1) is 0 Å². The Labute approximate surface area is 143 Å². The average Bonchev–Trinajstić information content (AvgIpc) is 3.07. The highest BCUT2D eigenvalue weighted by molar-refractivity contribution is 5.97. The molecule has 3 aromatic rings. The number of carbonyl (C=O) groups is 2. The summed E-state index contributed by atoms with van der Waals surface area (Å²) in [4.78, 5) is 23.9. The first-order valence-corrected chi connectivity index (χ1v) is 7.53. The molecule has 2 amide bonds. The molecule has 0 atom stereocenters. The van der Waals surface area contributed by atoms with Gasteiger partial charge in [0.2, 0.25) is 0 Å². The van der Waals surface area contributed by atoms with Crippen LogP contribution in [0.25, 0.3) is 5.69 Å². The molecule has 0 saturated carbocycles. The normalized spacial score (nSPS) is 10.4. The largest absolute Gasteiger partial charge is 0.364 e. The van der Waals surface area contributed by atoms with E-state index >= 15 is 0 Å². The SMILES string of the molecule is NC(=O)c1cc(C(=O)NCc2ccccc2F)nn1-c1ccccc1. The van der Waals surface area contributed by atoms with Crippen LogP contribution in [0.3, 0.4) is 0 Å². The van der Waals surface area contributed by atoms with Crippen molar-refractivity contribution in [3.8, 4) is 5.69 Å². The lowest BCUT2D eigenvalue weighted by atomic mass is 10.2. The molecule has 0 aliphatic heterocycles. The number of halogens is 1. The molecule has 0 bridgehead atoms. The van der Waals surface area contributed by atoms with E-state index in [1.165, 1.54) is 16.8 Å². The van der Waals surface area contributed by atoms with E-state index in [-0.39, 0.29) is 17.9 Å². The number of aromatic nitrogens is 2. The number of rotatable bonds is 5. The molecular weight excluding hydrogens is 323 g/mol. The standard InChI is InChI=1S/C18H15FN4O2/c19-14-9-5-4-6-12(14)11-21-18(25)15-10-16(17(20)24)23(22-15)13-7-2-1-3-8-13/h1-10H,11H2,(H2,20,24)(H,21,25). The van der Waals surface area contributed by atoms with Crippen molar-refractivity contribution in [2.24, 2.45) is 5.73 Å². The molecule has 0 spiro atoms. The van der Waals surface area contributed by atoms with Crippen LogP contribution < -0.4 is 11.1 Å². The molecule has 0 saturated heterocycles. The number of benzene rings is 2. The van der Waals surface area contributed by atoms with E-state index in [4.69, 9.17) is 5.73 Å². The van der Waals surface area contributed by atoms with Crippen molar-refractivity contribution >= 4 is 11.8 Å². The third-order valence-corrected chi connectivity index (χ3v) is 3.59. The molecule has 1 heterocycles. The Kier molecular flexibility index (Phi) is 4.56. The average molecular weight is 338 g/mol. The maximum Gasteiger partial charge on any atom is 0.272 e. The van der Waals surface area contributed by atoms with Crippen LogP contribution in [0.4, 0.5) is 4.39 Å². The van der Waals surface area contributed by atoms with Crippen molar-refractivity contribution in [1.29, 1.82) is 0 Å². The zero-order valence-corrected chi connectivity index (χ0v) is 13.1. The number of amides is 2. The topological polar surface area (TPSA) is 90.0 Å². The molecule has 3 rings (SSSR count). The maximum atomic E-state index is 13.6. The van der Waals surface area contributed by atoms with E-state index in [1.54, 1.807) is 42.5 Å². The Bertz CT molecular complexity index is 922. The Balaban J connectivity index is 1.84. The van der Waals surface area contributed by atoms with Gasteiger partial charge in [0, 0.05) is 18.2 Å². The van der Waals surface area contributed by atoms with Crippen molar-refractivity contribution < 1.29 is 14.0 Å². The van der Waals surface area contributed by atoms with Gasteiger partial charge in [-0.1, -0.05) is 36.4 Å². The molecule has 3 N–H and O–H groups in total. The number of para-hydroxylation sites is 1.